The predicted octanol–water partition coefficient (Wildman–Crippen LogP) is 0.695. The van der Waals surface area contributed by atoms with Crippen molar-refractivity contribution in [2.45, 2.75) is 32.4 Å². The van der Waals surface area contributed by atoms with Crippen LogP contribution in [0.15, 0.2) is 12.4 Å². The molecule has 0 radical (unpaired) electrons. The molecule has 0 aliphatic heterocycles. The van der Waals surface area contributed by atoms with Crippen LogP contribution in [0.3, 0.4) is 0 Å². The Bertz CT molecular complexity index is 392. The first-order chi connectivity index (χ1) is 9.04. The van der Waals surface area contributed by atoms with E-state index in [1.54, 1.807) is 6.20 Å². The molecular weight excluding hydrogens is 244 g/mol. The highest BCUT2D eigenvalue weighted by Crippen LogP contribution is 2.02. The zero-order valence-corrected chi connectivity index (χ0v) is 12.0. The molecule has 6 heteroatoms. The number of rotatable bonds is 9. The van der Waals surface area contributed by atoms with E-state index in [9.17, 15) is 4.79 Å². The number of nitrogens with one attached hydrogen (secondary N) is 1. The summed E-state index contributed by atoms with van der Waals surface area (Å²) in [5.74, 6) is 0.203. The second kappa shape index (κ2) is 7.91. The van der Waals surface area contributed by atoms with Gasteiger partial charge in [0.25, 0.3) is 0 Å². The summed E-state index contributed by atoms with van der Waals surface area (Å²) < 4.78 is 1.97. The lowest BCUT2D eigenvalue weighted by atomic mass is 10.2. The van der Waals surface area contributed by atoms with Crippen LogP contribution in [0.5, 0.6) is 0 Å². The normalized spacial score (nSPS) is 12.8. The van der Waals surface area contributed by atoms with Crippen molar-refractivity contribution in [2.75, 3.05) is 20.1 Å². The summed E-state index contributed by atoms with van der Waals surface area (Å²) in [5, 5.41) is 12.2. The fourth-order valence-electron chi connectivity index (χ4n) is 1.85. The maximum atomic E-state index is 11.1. The van der Waals surface area contributed by atoms with Crippen molar-refractivity contribution < 1.29 is 9.90 Å². The minimum atomic E-state index is -0.779. The topological polar surface area (TPSA) is 70.4 Å². The highest BCUT2D eigenvalue weighted by Gasteiger charge is 2.17. The fourth-order valence-corrected chi connectivity index (χ4v) is 1.85. The molecule has 0 saturated heterocycles. The van der Waals surface area contributed by atoms with Gasteiger partial charge in [-0.3, -0.25) is 9.69 Å². The molecule has 0 fully saturated rings. The molecule has 108 valence electrons. The van der Waals surface area contributed by atoms with Crippen LogP contribution < -0.4 is 5.32 Å². The Morgan fingerprint density at radius 3 is 2.89 bits per heavy atom. The molecule has 2 N–H and O–H groups in total. The molecule has 1 atom stereocenters. The van der Waals surface area contributed by atoms with Gasteiger partial charge in [0.1, 0.15) is 11.9 Å². The lowest BCUT2D eigenvalue weighted by Gasteiger charge is -2.19. The van der Waals surface area contributed by atoms with Crippen molar-refractivity contribution in [1.82, 2.24) is 19.8 Å². The molecule has 0 amide bonds. The summed E-state index contributed by atoms with van der Waals surface area (Å²) in [5.41, 5.74) is 0. The van der Waals surface area contributed by atoms with Gasteiger partial charge in [-0.1, -0.05) is 6.92 Å². The first-order valence-electron chi connectivity index (χ1n) is 6.65. The van der Waals surface area contributed by atoms with Crippen molar-refractivity contribution in [1.29, 1.82) is 0 Å². The standard InChI is InChI=1S/C13H24N4O2/c1-4-6-14-11(13(18)19)5-8-16(2)10-12-15-7-9-17(12)3/h7,9,11,14H,4-6,8,10H2,1-3H3,(H,18,19). The lowest BCUT2D eigenvalue weighted by molar-refractivity contribution is -0.139. The van der Waals surface area contributed by atoms with Gasteiger partial charge in [-0.2, -0.15) is 0 Å². The predicted molar refractivity (Wildman–Crippen MR) is 73.9 cm³/mol. The highest BCUT2D eigenvalue weighted by molar-refractivity contribution is 5.73. The molecule has 0 aliphatic rings. The number of imidazole rings is 1. The van der Waals surface area contributed by atoms with Crippen molar-refractivity contribution in [3.63, 3.8) is 0 Å². The number of aromatic nitrogens is 2. The molecule has 19 heavy (non-hydrogen) atoms. The molecule has 1 aromatic heterocycles. The van der Waals surface area contributed by atoms with Crippen LogP contribution in [0.1, 0.15) is 25.6 Å². The molecule has 0 spiro atoms. The van der Waals surface area contributed by atoms with Crippen molar-refractivity contribution in [2.24, 2.45) is 7.05 Å². The maximum Gasteiger partial charge on any atom is 0.320 e. The van der Waals surface area contributed by atoms with Crippen LogP contribution in [0.2, 0.25) is 0 Å². The average molecular weight is 268 g/mol. The largest absolute Gasteiger partial charge is 0.480 e. The van der Waals surface area contributed by atoms with E-state index in [0.717, 1.165) is 31.9 Å². The average Bonchev–Trinajstić information content (AvgIpc) is 2.74. The van der Waals surface area contributed by atoms with Gasteiger partial charge in [-0.25, -0.2) is 4.98 Å². The Hall–Kier alpha value is -1.40. The summed E-state index contributed by atoms with van der Waals surface area (Å²) in [4.78, 5) is 17.4. The number of carbonyl (C=O) groups is 1. The SMILES string of the molecule is CCCNC(CCN(C)Cc1nccn1C)C(=O)O. The summed E-state index contributed by atoms with van der Waals surface area (Å²) in [6, 6.07) is -0.469. The van der Waals surface area contributed by atoms with Crippen LogP contribution in [0, 0.1) is 0 Å². The first kappa shape index (κ1) is 15.7. The molecule has 0 aliphatic carbocycles. The molecule has 1 heterocycles. The minimum Gasteiger partial charge on any atom is -0.480 e. The van der Waals surface area contributed by atoms with E-state index in [2.05, 4.69) is 15.2 Å². The molecule has 0 bridgehead atoms. The van der Waals surface area contributed by atoms with Crippen molar-refractivity contribution in [3.05, 3.63) is 18.2 Å². The molecule has 6 nitrogen and oxygen atoms in total. The van der Waals surface area contributed by atoms with E-state index in [1.165, 1.54) is 0 Å². The van der Waals surface area contributed by atoms with Crippen molar-refractivity contribution >= 4 is 5.97 Å². The van der Waals surface area contributed by atoms with Gasteiger partial charge in [0.2, 0.25) is 0 Å². The van der Waals surface area contributed by atoms with Gasteiger partial charge in [0.05, 0.1) is 6.54 Å². The van der Waals surface area contributed by atoms with E-state index in [4.69, 9.17) is 5.11 Å². The third-order valence-electron chi connectivity index (χ3n) is 3.07. The van der Waals surface area contributed by atoms with Gasteiger partial charge in [0.15, 0.2) is 0 Å². The molecule has 1 rings (SSSR count). The summed E-state index contributed by atoms with van der Waals surface area (Å²) in [6.45, 7) is 4.21. The zero-order chi connectivity index (χ0) is 14.3. The smallest absolute Gasteiger partial charge is 0.320 e. The van der Waals surface area contributed by atoms with E-state index in [1.807, 2.05) is 31.8 Å². The van der Waals surface area contributed by atoms with Gasteiger partial charge >= 0.3 is 5.97 Å². The number of nitrogens with zero attached hydrogens (tertiary/aromatic N) is 3. The number of aryl methyl sites for hydroxylation is 1. The van der Waals surface area contributed by atoms with Gasteiger partial charge in [-0.05, 0) is 26.4 Å². The van der Waals surface area contributed by atoms with Crippen LogP contribution in [-0.2, 0) is 18.4 Å². The van der Waals surface area contributed by atoms with E-state index >= 15 is 0 Å². The Morgan fingerprint density at radius 2 is 2.37 bits per heavy atom. The first-order valence-corrected chi connectivity index (χ1v) is 6.65. The van der Waals surface area contributed by atoms with E-state index in [-0.39, 0.29) is 0 Å². The Balaban J connectivity index is 2.37. The van der Waals surface area contributed by atoms with Gasteiger partial charge in [0, 0.05) is 26.0 Å². The molecule has 0 saturated carbocycles. The van der Waals surface area contributed by atoms with E-state index in [0.29, 0.717) is 6.42 Å². The molecule has 1 unspecified atom stereocenters. The lowest BCUT2D eigenvalue weighted by Crippen LogP contribution is -2.39. The Morgan fingerprint density at radius 1 is 1.63 bits per heavy atom. The summed E-state index contributed by atoms with van der Waals surface area (Å²) in [6.07, 6.45) is 5.21. The van der Waals surface area contributed by atoms with Gasteiger partial charge < -0.3 is 15.0 Å². The quantitative estimate of drug-likeness (QED) is 0.690. The highest BCUT2D eigenvalue weighted by atomic mass is 16.4. The summed E-state index contributed by atoms with van der Waals surface area (Å²) in [7, 11) is 3.94. The Kier molecular flexibility index (Phi) is 6.52. The third-order valence-corrected chi connectivity index (χ3v) is 3.07. The fraction of sp³-hybridized carbons (Fsp3) is 0.692. The Labute approximate surface area is 114 Å². The minimum absolute atomic E-state index is 0.469. The van der Waals surface area contributed by atoms with Crippen LogP contribution in [0.25, 0.3) is 0 Å². The number of hydrogen-bond acceptors (Lipinski definition) is 4. The van der Waals surface area contributed by atoms with Crippen LogP contribution in [-0.4, -0.2) is 51.7 Å². The number of aliphatic carboxylic acids is 1. The summed E-state index contributed by atoms with van der Waals surface area (Å²) >= 11 is 0. The second-order valence-electron chi connectivity index (χ2n) is 4.83. The van der Waals surface area contributed by atoms with Crippen molar-refractivity contribution in [3.8, 4) is 0 Å². The second-order valence-corrected chi connectivity index (χ2v) is 4.83. The molecule has 0 aromatic carbocycles. The van der Waals surface area contributed by atoms with E-state index < -0.39 is 12.0 Å². The molecular formula is C13H24N4O2. The maximum absolute atomic E-state index is 11.1. The monoisotopic (exact) mass is 268 g/mol. The molecule has 1 aromatic rings. The number of hydrogen-bond donors (Lipinski definition) is 2. The van der Waals surface area contributed by atoms with Gasteiger partial charge in [-0.15, -0.1) is 0 Å². The zero-order valence-electron chi connectivity index (χ0n) is 12.0. The number of carboxylic acid groups (broad SMARTS) is 1. The third kappa shape index (κ3) is 5.40. The van der Waals surface area contributed by atoms with Crippen LogP contribution >= 0.6 is 0 Å². The number of carboxylic acids is 1. The van der Waals surface area contributed by atoms with Crippen LogP contribution in [0.4, 0.5) is 0 Å².